The van der Waals surface area contributed by atoms with Crippen LogP contribution in [0.15, 0.2) is 53.6 Å². The number of nitrogens with zero attached hydrogens (tertiary/aromatic N) is 3. The smallest absolute Gasteiger partial charge is 0.294 e. The Morgan fingerprint density at radius 3 is 2.59 bits per heavy atom. The average Bonchev–Trinajstić information content (AvgIpc) is 2.68. The standard InChI is InChI=1S/C19H17N5O4S/c1-11-9-16(25)21-22-17(11)13-7-8-14(15(10-13)24(27)28)23(19(20)29)18(26)12-5-3-2-4-6-12/h2-8,10-11H,9H2,1H3,(H2,20,29)(H,21,25). The Hall–Kier alpha value is -3.66. The number of hydrogen-bond donors (Lipinski definition) is 2. The number of carbonyl (C=O) groups excluding carboxylic acids is 2. The number of anilines is 1. The lowest BCUT2D eigenvalue weighted by Crippen LogP contribution is -2.41. The SMILES string of the molecule is CC1CC(=O)NN=C1c1ccc(N(C(=O)c2ccccc2)C(N)=S)c([N+](=O)[O-])c1. The van der Waals surface area contributed by atoms with Crippen LogP contribution in [-0.2, 0) is 4.79 Å². The summed E-state index contributed by atoms with van der Waals surface area (Å²) in [5, 5.41) is 15.5. The molecule has 1 aliphatic heterocycles. The van der Waals surface area contributed by atoms with Gasteiger partial charge in [-0.05, 0) is 30.4 Å². The number of hydrogen-bond acceptors (Lipinski definition) is 6. The van der Waals surface area contributed by atoms with Gasteiger partial charge in [-0.2, -0.15) is 5.10 Å². The lowest BCUT2D eigenvalue weighted by Gasteiger charge is -2.22. The monoisotopic (exact) mass is 411 g/mol. The van der Waals surface area contributed by atoms with E-state index in [1.807, 2.05) is 0 Å². The summed E-state index contributed by atoms with van der Waals surface area (Å²) in [6.45, 7) is 1.80. The third-order valence-electron chi connectivity index (χ3n) is 4.41. The second-order valence-corrected chi connectivity index (χ2v) is 6.86. The summed E-state index contributed by atoms with van der Waals surface area (Å²) in [4.78, 5) is 36.4. The fourth-order valence-electron chi connectivity index (χ4n) is 3.06. The van der Waals surface area contributed by atoms with Crippen molar-refractivity contribution in [2.24, 2.45) is 16.8 Å². The molecule has 1 heterocycles. The summed E-state index contributed by atoms with van der Waals surface area (Å²) in [7, 11) is 0. The molecule has 0 bridgehead atoms. The van der Waals surface area contributed by atoms with Gasteiger partial charge in [0.15, 0.2) is 5.11 Å². The first-order valence-electron chi connectivity index (χ1n) is 8.63. The summed E-state index contributed by atoms with van der Waals surface area (Å²) in [6, 6.07) is 12.5. The van der Waals surface area contributed by atoms with Crippen LogP contribution >= 0.6 is 12.2 Å². The van der Waals surface area contributed by atoms with Gasteiger partial charge in [-0.15, -0.1) is 0 Å². The van der Waals surface area contributed by atoms with Crippen LogP contribution in [0.2, 0.25) is 0 Å². The van der Waals surface area contributed by atoms with Crippen LogP contribution in [0.25, 0.3) is 0 Å². The number of nitro groups is 1. The highest BCUT2D eigenvalue weighted by atomic mass is 32.1. The number of thiocarbonyl (C=S) groups is 1. The van der Waals surface area contributed by atoms with E-state index in [-0.39, 0.29) is 40.3 Å². The van der Waals surface area contributed by atoms with Crippen molar-refractivity contribution in [3.8, 4) is 0 Å². The van der Waals surface area contributed by atoms with Crippen molar-refractivity contribution in [3.63, 3.8) is 0 Å². The van der Waals surface area contributed by atoms with Gasteiger partial charge in [0.05, 0.1) is 10.6 Å². The summed E-state index contributed by atoms with van der Waals surface area (Å²) < 4.78 is 0. The fourth-order valence-corrected chi connectivity index (χ4v) is 3.24. The Morgan fingerprint density at radius 2 is 2.00 bits per heavy atom. The van der Waals surface area contributed by atoms with E-state index in [2.05, 4.69) is 10.5 Å². The zero-order valence-electron chi connectivity index (χ0n) is 15.4. The van der Waals surface area contributed by atoms with Crippen molar-refractivity contribution in [1.82, 2.24) is 5.43 Å². The molecule has 2 aromatic rings. The number of nitro benzene ring substituents is 1. The van der Waals surface area contributed by atoms with Crippen LogP contribution in [0.4, 0.5) is 11.4 Å². The number of benzene rings is 2. The van der Waals surface area contributed by atoms with Crippen LogP contribution < -0.4 is 16.1 Å². The van der Waals surface area contributed by atoms with Gasteiger partial charge < -0.3 is 5.73 Å². The Morgan fingerprint density at radius 1 is 1.31 bits per heavy atom. The van der Waals surface area contributed by atoms with E-state index in [1.54, 1.807) is 43.3 Å². The van der Waals surface area contributed by atoms with Gasteiger partial charge >= 0.3 is 0 Å². The van der Waals surface area contributed by atoms with E-state index >= 15 is 0 Å². The normalized spacial score (nSPS) is 15.8. The van der Waals surface area contributed by atoms with Crippen LogP contribution in [0.1, 0.15) is 29.3 Å². The molecule has 1 atom stereocenters. The maximum atomic E-state index is 12.9. The third kappa shape index (κ3) is 4.11. The molecule has 1 aliphatic rings. The number of nitrogens with one attached hydrogen (secondary N) is 1. The first kappa shape index (κ1) is 20.1. The molecule has 3 N–H and O–H groups in total. The highest BCUT2D eigenvalue weighted by Gasteiger charge is 2.30. The lowest BCUT2D eigenvalue weighted by molar-refractivity contribution is -0.384. The van der Waals surface area contributed by atoms with Crippen LogP contribution in [0, 0.1) is 16.0 Å². The molecule has 0 spiro atoms. The summed E-state index contributed by atoms with van der Waals surface area (Å²) in [5.41, 5.74) is 8.97. The van der Waals surface area contributed by atoms with Gasteiger partial charge in [-0.3, -0.25) is 19.7 Å². The van der Waals surface area contributed by atoms with E-state index in [0.717, 1.165) is 4.90 Å². The van der Waals surface area contributed by atoms with Gasteiger partial charge in [0.2, 0.25) is 5.91 Å². The molecule has 2 amide bonds. The van der Waals surface area contributed by atoms with E-state index in [1.165, 1.54) is 12.1 Å². The molecule has 0 fully saturated rings. The second-order valence-electron chi connectivity index (χ2n) is 6.44. The number of rotatable bonds is 4. The Labute approximate surface area is 171 Å². The van der Waals surface area contributed by atoms with Crippen molar-refractivity contribution in [3.05, 3.63) is 69.8 Å². The van der Waals surface area contributed by atoms with E-state index in [9.17, 15) is 19.7 Å². The van der Waals surface area contributed by atoms with E-state index in [4.69, 9.17) is 18.0 Å². The molecule has 0 aliphatic carbocycles. The highest BCUT2D eigenvalue weighted by molar-refractivity contribution is 7.80. The molecule has 0 radical (unpaired) electrons. The molecular formula is C19H17N5O4S. The molecule has 10 heteroatoms. The molecule has 0 aromatic heterocycles. The lowest BCUT2D eigenvalue weighted by atomic mass is 9.93. The topological polar surface area (TPSA) is 131 Å². The second kappa shape index (κ2) is 8.15. The zero-order chi connectivity index (χ0) is 21.1. The maximum Gasteiger partial charge on any atom is 0.294 e. The van der Waals surface area contributed by atoms with Crippen molar-refractivity contribution < 1.29 is 14.5 Å². The average molecular weight is 411 g/mol. The molecular weight excluding hydrogens is 394 g/mol. The summed E-state index contributed by atoms with van der Waals surface area (Å²) in [6.07, 6.45) is 0.222. The van der Waals surface area contributed by atoms with Gasteiger partial charge in [-0.1, -0.05) is 31.2 Å². The minimum atomic E-state index is -0.616. The van der Waals surface area contributed by atoms with Crippen molar-refractivity contribution in [2.75, 3.05) is 4.90 Å². The Kier molecular flexibility index (Phi) is 5.64. The molecule has 148 valence electrons. The van der Waals surface area contributed by atoms with Crippen molar-refractivity contribution in [2.45, 2.75) is 13.3 Å². The van der Waals surface area contributed by atoms with Crippen LogP contribution in [0.3, 0.4) is 0 Å². The van der Waals surface area contributed by atoms with Gasteiger partial charge in [-0.25, -0.2) is 10.3 Å². The third-order valence-corrected chi connectivity index (χ3v) is 4.59. The van der Waals surface area contributed by atoms with Crippen molar-refractivity contribution >= 4 is 46.2 Å². The van der Waals surface area contributed by atoms with Gasteiger partial charge in [0.25, 0.3) is 11.6 Å². The largest absolute Gasteiger partial charge is 0.376 e. The predicted molar refractivity (Wildman–Crippen MR) is 112 cm³/mol. The first-order chi connectivity index (χ1) is 13.8. The van der Waals surface area contributed by atoms with E-state index in [0.29, 0.717) is 11.3 Å². The quantitative estimate of drug-likeness (QED) is 0.451. The molecule has 2 aromatic carbocycles. The predicted octanol–water partition coefficient (Wildman–Crippen LogP) is 2.35. The number of nitrogens with two attached hydrogens (primary N) is 1. The molecule has 3 rings (SSSR count). The minimum absolute atomic E-state index is 0.0480. The first-order valence-corrected chi connectivity index (χ1v) is 9.04. The summed E-state index contributed by atoms with van der Waals surface area (Å²) in [5.74, 6) is -1.02. The van der Waals surface area contributed by atoms with Crippen LogP contribution in [-0.4, -0.2) is 27.6 Å². The minimum Gasteiger partial charge on any atom is -0.376 e. The maximum absolute atomic E-state index is 12.9. The van der Waals surface area contributed by atoms with Crippen molar-refractivity contribution in [1.29, 1.82) is 0 Å². The number of amides is 2. The molecule has 9 nitrogen and oxygen atoms in total. The Balaban J connectivity index is 2.08. The number of carbonyl (C=O) groups is 2. The number of hydrazone groups is 1. The molecule has 0 saturated carbocycles. The molecule has 29 heavy (non-hydrogen) atoms. The van der Waals surface area contributed by atoms with Crippen LogP contribution in [0.5, 0.6) is 0 Å². The summed E-state index contributed by atoms with van der Waals surface area (Å²) >= 11 is 5.00. The molecule has 1 unspecified atom stereocenters. The Bertz CT molecular complexity index is 1040. The van der Waals surface area contributed by atoms with E-state index < -0.39 is 10.8 Å². The highest BCUT2D eigenvalue weighted by Crippen LogP contribution is 2.32. The van der Waals surface area contributed by atoms with Gasteiger partial charge in [0, 0.05) is 29.5 Å². The molecule has 0 saturated heterocycles. The fraction of sp³-hybridized carbons (Fsp3) is 0.158. The van der Waals surface area contributed by atoms with Gasteiger partial charge in [0.1, 0.15) is 5.69 Å². The zero-order valence-corrected chi connectivity index (χ0v) is 16.2.